The molecule has 6 nitrogen and oxygen atoms in total. The van der Waals surface area contributed by atoms with Crippen LogP contribution in [0.5, 0.6) is 11.5 Å². The largest absolute Gasteiger partial charge is 0.481 e. The lowest BCUT2D eigenvalue weighted by Gasteiger charge is -2.09. The lowest BCUT2D eigenvalue weighted by atomic mass is 10.0. The number of fused-ring (bicyclic) bond motifs is 1. The Kier molecular flexibility index (Phi) is 3.65. The zero-order chi connectivity index (χ0) is 15.5. The first-order valence-corrected chi connectivity index (χ1v) is 6.64. The molecule has 1 aliphatic rings. The third-order valence-electron chi connectivity index (χ3n) is 3.23. The van der Waals surface area contributed by atoms with Gasteiger partial charge >= 0.3 is 5.97 Å². The van der Waals surface area contributed by atoms with E-state index in [0.29, 0.717) is 28.3 Å². The van der Waals surface area contributed by atoms with Gasteiger partial charge in [-0.05, 0) is 23.8 Å². The summed E-state index contributed by atoms with van der Waals surface area (Å²) in [5, 5.41) is 11.6. The van der Waals surface area contributed by atoms with Crippen molar-refractivity contribution in [3.63, 3.8) is 0 Å². The molecule has 22 heavy (non-hydrogen) atoms. The van der Waals surface area contributed by atoms with Crippen molar-refractivity contribution in [2.24, 2.45) is 0 Å². The summed E-state index contributed by atoms with van der Waals surface area (Å²) in [6.07, 6.45) is -0.204. The van der Waals surface area contributed by atoms with Crippen LogP contribution in [0.15, 0.2) is 42.5 Å². The summed E-state index contributed by atoms with van der Waals surface area (Å²) >= 11 is 0. The summed E-state index contributed by atoms with van der Waals surface area (Å²) in [6, 6.07) is 11.7. The first-order valence-electron chi connectivity index (χ1n) is 6.64. The molecular weight excluding hydrogens is 286 g/mol. The Labute approximate surface area is 126 Å². The summed E-state index contributed by atoms with van der Waals surface area (Å²) in [5.74, 6) is -0.153. The number of carboxylic acid groups (broad SMARTS) is 1. The minimum absolute atomic E-state index is 0.161. The number of ether oxygens (including phenoxy) is 2. The van der Waals surface area contributed by atoms with Gasteiger partial charge in [0.05, 0.1) is 6.42 Å². The van der Waals surface area contributed by atoms with Crippen molar-refractivity contribution in [1.82, 2.24) is 0 Å². The highest BCUT2D eigenvalue weighted by molar-refractivity contribution is 6.05. The number of aliphatic carboxylic acids is 1. The van der Waals surface area contributed by atoms with Crippen molar-refractivity contribution >= 4 is 17.6 Å². The van der Waals surface area contributed by atoms with Crippen LogP contribution >= 0.6 is 0 Å². The molecular formula is C16H13NO5. The highest BCUT2D eigenvalue weighted by Gasteiger charge is 2.16. The molecule has 6 heteroatoms. The van der Waals surface area contributed by atoms with Crippen LogP contribution in [0.1, 0.15) is 15.9 Å². The second-order valence-corrected chi connectivity index (χ2v) is 4.75. The van der Waals surface area contributed by atoms with Crippen molar-refractivity contribution in [2.75, 3.05) is 12.1 Å². The predicted molar refractivity (Wildman–Crippen MR) is 78.3 cm³/mol. The van der Waals surface area contributed by atoms with Crippen LogP contribution in [0.4, 0.5) is 5.69 Å². The number of benzene rings is 2. The van der Waals surface area contributed by atoms with Crippen LogP contribution < -0.4 is 14.8 Å². The normalized spacial score (nSPS) is 12.0. The molecule has 2 N–H and O–H groups in total. The van der Waals surface area contributed by atoms with Gasteiger partial charge in [-0.2, -0.15) is 0 Å². The molecule has 0 aromatic heterocycles. The van der Waals surface area contributed by atoms with Crippen molar-refractivity contribution in [3.05, 3.63) is 53.6 Å². The quantitative estimate of drug-likeness (QED) is 0.904. The summed E-state index contributed by atoms with van der Waals surface area (Å²) < 4.78 is 10.5. The van der Waals surface area contributed by atoms with E-state index in [0.717, 1.165) is 0 Å². The molecule has 2 aromatic carbocycles. The molecule has 0 bridgehead atoms. The van der Waals surface area contributed by atoms with Gasteiger partial charge in [0.25, 0.3) is 5.91 Å². The van der Waals surface area contributed by atoms with E-state index in [9.17, 15) is 9.59 Å². The van der Waals surface area contributed by atoms with Crippen molar-refractivity contribution in [3.8, 4) is 11.5 Å². The van der Waals surface area contributed by atoms with Gasteiger partial charge in [-0.25, -0.2) is 0 Å². The number of carbonyl (C=O) groups excluding carboxylic acids is 1. The van der Waals surface area contributed by atoms with E-state index < -0.39 is 5.97 Å². The molecule has 2 aromatic rings. The topological polar surface area (TPSA) is 84.9 Å². The Morgan fingerprint density at radius 1 is 1.09 bits per heavy atom. The van der Waals surface area contributed by atoms with Gasteiger partial charge in [0, 0.05) is 17.3 Å². The molecule has 0 radical (unpaired) electrons. The first kappa shape index (κ1) is 13.9. The highest BCUT2D eigenvalue weighted by atomic mass is 16.7. The van der Waals surface area contributed by atoms with E-state index in [1.54, 1.807) is 42.5 Å². The van der Waals surface area contributed by atoms with Crippen molar-refractivity contribution < 1.29 is 24.2 Å². The number of hydrogen-bond donors (Lipinski definition) is 2. The van der Waals surface area contributed by atoms with Gasteiger partial charge < -0.3 is 19.9 Å². The van der Waals surface area contributed by atoms with Crippen LogP contribution in [0.2, 0.25) is 0 Å². The summed E-state index contributed by atoms with van der Waals surface area (Å²) in [7, 11) is 0. The Morgan fingerprint density at radius 2 is 1.86 bits per heavy atom. The highest BCUT2D eigenvalue weighted by Crippen LogP contribution is 2.34. The minimum atomic E-state index is -0.983. The second-order valence-electron chi connectivity index (χ2n) is 4.75. The maximum absolute atomic E-state index is 12.3. The Hall–Kier alpha value is -3.02. The predicted octanol–water partition coefficient (Wildman–Crippen LogP) is 2.29. The summed E-state index contributed by atoms with van der Waals surface area (Å²) in [5.41, 5.74) is 1.36. The van der Waals surface area contributed by atoms with E-state index in [-0.39, 0.29) is 19.1 Å². The molecule has 0 atom stereocenters. The van der Waals surface area contributed by atoms with Crippen molar-refractivity contribution in [1.29, 1.82) is 0 Å². The molecule has 3 rings (SSSR count). The third kappa shape index (κ3) is 2.85. The molecule has 1 aliphatic heterocycles. The number of carbonyl (C=O) groups is 2. The molecule has 0 spiro atoms. The standard InChI is InChI=1S/C16H13NO5/c18-15(19)7-10-3-1-2-4-12(10)16(20)17-11-5-6-13-14(8-11)22-9-21-13/h1-6,8H,7,9H2,(H,17,20)(H,18,19). The van der Waals surface area contributed by atoms with E-state index >= 15 is 0 Å². The van der Waals surface area contributed by atoms with Gasteiger partial charge in [0.2, 0.25) is 6.79 Å². The van der Waals surface area contributed by atoms with E-state index in [2.05, 4.69) is 5.32 Å². The molecule has 0 saturated carbocycles. The fourth-order valence-corrected chi connectivity index (χ4v) is 2.23. The Balaban J connectivity index is 1.81. The number of hydrogen-bond acceptors (Lipinski definition) is 4. The fourth-order valence-electron chi connectivity index (χ4n) is 2.23. The van der Waals surface area contributed by atoms with Gasteiger partial charge in [-0.15, -0.1) is 0 Å². The van der Waals surface area contributed by atoms with Crippen molar-refractivity contribution in [2.45, 2.75) is 6.42 Å². The lowest BCUT2D eigenvalue weighted by molar-refractivity contribution is -0.136. The maximum atomic E-state index is 12.3. The molecule has 112 valence electrons. The second kappa shape index (κ2) is 5.77. The van der Waals surface area contributed by atoms with Crippen LogP contribution in [-0.2, 0) is 11.2 Å². The average molecular weight is 299 g/mol. The van der Waals surface area contributed by atoms with E-state index in [1.807, 2.05) is 0 Å². The summed E-state index contributed by atoms with van der Waals surface area (Å²) in [4.78, 5) is 23.2. The number of amides is 1. The first-order chi connectivity index (χ1) is 10.6. The van der Waals surface area contributed by atoms with Crippen LogP contribution in [0, 0.1) is 0 Å². The molecule has 1 heterocycles. The lowest BCUT2D eigenvalue weighted by Crippen LogP contribution is -2.15. The summed E-state index contributed by atoms with van der Waals surface area (Å²) in [6.45, 7) is 0.161. The van der Waals surface area contributed by atoms with Crippen LogP contribution in [-0.4, -0.2) is 23.8 Å². The van der Waals surface area contributed by atoms with Gasteiger partial charge in [0.15, 0.2) is 11.5 Å². The molecule has 0 unspecified atom stereocenters. The van der Waals surface area contributed by atoms with E-state index in [4.69, 9.17) is 14.6 Å². The smallest absolute Gasteiger partial charge is 0.307 e. The molecule has 0 saturated heterocycles. The molecule has 0 fully saturated rings. The number of carboxylic acids is 1. The number of nitrogens with one attached hydrogen (secondary N) is 1. The third-order valence-corrected chi connectivity index (χ3v) is 3.23. The molecule has 1 amide bonds. The Bertz CT molecular complexity index is 741. The zero-order valence-corrected chi connectivity index (χ0v) is 11.5. The Morgan fingerprint density at radius 3 is 2.68 bits per heavy atom. The zero-order valence-electron chi connectivity index (χ0n) is 11.5. The average Bonchev–Trinajstić information content (AvgIpc) is 2.94. The number of rotatable bonds is 4. The fraction of sp³-hybridized carbons (Fsp3) is 0.125. The van der Waals surface area contributed by atoms with Crippen LogP contribution in [0.3, 0.4) is 0 Å². The molecule has 0 aliphatic carbocycles. The van der Waals surface area contributed by atoms with Gasteiger partial charge in [0.1, 0.15) is 0 Å². The SMILES string of the molecule is O=C(O)Cc1ccccc1C(=O)Nc1ccc2c(c1)OCO2. The maximum Gasteiger partial charge on any atom is 0.307 e. The van der Waals surface area contributed by atoms with E-state index in [1.165, 1.54) is 0 Å². The van der Waals surface area contributed by atoms with Crippen LogP contribution in [0.25, 0.3) is 0 Å². The monoisotopic (exact) mass is 299 g/mol. The van der Waals surface area contributed by atoms with Gasteiger partial charge in [-0.1, -0.05) is 18.2 Å². The minimum Gasteiger partial charge on any atom is -0.481 e. The van der Waals surface area contributed by atoms with Gasteiger partial charge in [-0.3, -0.25) is 9.59 Å². The number of anilines is 1.